The summed E-state index contributed by atoms with van der Waals surface area (Å²) in [6.07, 6.45) is 4.36. The van der Waals surface area contributed by atoms with E-state index in [0.29, 0.717) is 24.5 Å². The number of ketones is 1. The molecule has 0 heterocycles. The molecule has 0 amide bonds. The van der Waals surface area contributed by atoms with Crippen molar-refractivity contribution >= 4 is 11.8 Å². The van der Waals surface area contributed by atoms with Crippen molar-refractivity contribution in [1.82, 2.24) is 0 Å². The average Bonchev–Trinajstić information content (AvgIpc) is 2.96. The van der Waals surface area contributed by atoms with Gasteiger partial charge in [-0.25, -0.2) is 4.79 Å². The Morgan fingerprint density at radius 2 is 2.00 bits per heavy atom. The normalized spacial score (nSPS) is 48.8. The Hall–Kier alpha value is -1.20. The van der Waals surface area contributed by atoms with Crippen LogP contribution in [0.15, 0.2) is 12.7 Å². The maximum absolute atomic E-state index is 13.1. The molecule has 3 fully saturated rings. The topological polar surface area (TPSA) is 83.8 Å². The summed E-state index contributed by atoms with van der Waals surface area (Å²) >= 11 is 0. The number of Topliss-reactive ketones (excluding diaryl/α,β-unsaturated/α-hetero) is 1. The van der Waals surface area contributed by atoms with Crippen molar-refractivity contribution in [2.24, 2.45) is 40.4 Å². The first-order chi connectivity index (χ1) is 13.1. The highest BCUT2D eigenvalue weighted by atomic mass is 16.6. The maximum atomic E-state index is 13.1. The summed E-state index contributed by atoms with van der Waals surface area (Å²) in [4.78, 5) is 25.1. The van der Waals surface area contributed by atoms with Crippen LogP contribution in [-0.2, 0) is 14.3 Å². The molecule has 0 radical (unpaired) electrons. The predicted molar refractivity (Wildman–Crippen MR) is 106 cm³/mol. The summed E-state index contributed by atoms with van der Waals surface area (Å²) in [5.41, 5.74) is -0.846. The molecule has 0 aromatic carbocycles. The average molecular weight is 393 g/mol. The van der Waals surface area contributed by atoms with Gasteiger partial charge >= 0.3 is 5.97 Å². The quantitative estimate of drug-likeness (QED) is 0.569. The molecule has 2 N–H and O–H groups in total. The van der Waals surface area contributed by atoms with Gasteiger partial charge in [0, 0.05) is 23.7 Å². The predicted octanol–water partition coefficient (Wildman–Crippen LogP) is 3.13. The number of aliphatic hydroxyl groups excluding tert-OH is 2. The highest BCUT2D eigenvalue weighted by Gasteiger charge is 2.61. The largest absolute Gasteiger partial charge is 0.460 e. The standard InChI is InChI=1S/C23H36O5/c1-6-22(5)11-17(28-18(26)12-24)19-13(2)7-9-23(15(4)21(22)27)10-8-16(25)20(23)14(19)3/h6,13-15,17,19-21,24,27H,1,7-12H2,2-5H3/t13-,14?,15+,17-,19?,20-,21+,22+,23+/m1/s1. The Labute approximate surface area is 168 Å². The molecule has 0 aromatic rings. The van der Waals surface area contributed by atoms with E-state index in [4.69, 9.17) is 4.74 Å². The SMILES string of the molecule is C=C[C@@]1(C)C[C@@H](OC(=O)CO)C2C(C)[C@@H]3C(=O)CC[C@@]3(CC[C@H]2C)[C@@H](C)[C@@H]1O. The summed E-state index contributed by atoms with van der Waals surface area (Å²) < 4.78 is 5.76. The van der Waals surface area contributed by atoms with Gasteiger partial charge in [0.2, 0.25) is 0 Å². The first-order valence-corrected chi connectivity index (χ1v) is 10.8. The monoisotopic (exact) mass is 392 g/mol. The molecule has 28 heavy (non-hydrogen) atoms. The van der Waals surface area contributed by atoms with Crippen LogP contribution in [0.1, 0.15) is 59.8 Å². The van der Waals surface area contributed by atoms with Crippen LogP contribution in [0.25, 0.3) is 0 Å². The van der Waals surface area contributed by atoms with Crippen LogP contribution in [0.5, 0.6) is 0 Å². The Morgan fingerprint density at radius 3 is 2.61 bits per heavy atom. The van der Waals surface area contributed by atoms with E-state index in [1.165, 1.54) is 0 Å². The Kier molecular flexibility index (Phi) is 5.81. The minimum absolute atomic E-state index is 0.0150. The van der Waals surface area contributed by atoms with Crippen LogP contribution >= 0.6 is 0 Å². The molecule has 0 spiro atoms. The van der Waals surface area contributed by atoms with Crippen molar-refractivity contribution < 1.29 is 24.5 Å². The third-order valence-corrected chi connectivity index (χ3v) is 8.66. The highest BCUT2D eigenvalue weighted by Crippen LogP contribution is 2.62. The van der Waals surface area contributed by atoms with Crippen molar-refractivity contribution in [3.63, 3.8) is 0 Å². The molecule has 3 saturated carbocycles. The van der Waals surface area contributed by atoms with Crippen molar-refractivity contribution in [1.29, 1.82) is 0 Å². The van der Waals surface area contributed by atoms with Gasteiger partial charge < -0.3 is 14.9 Å². The van der Waals surface area contributed by atoms with E-state index in [1.54, 1.807) is 6.08 Å². The van der Waals surface area contributed by atoms with Gasteiger partial charge in [-0.05, 0) is 48.9 Å². The fourth-order valence-corrected chi connectivity index (χ4v) is 7.06. The highest BCUT2D eigenvalue weighted by molar-refractivity contribution is 5.84. The van der Waals surface area contributed by atoms with Crippen LogP contribution in [0.4, 0.5) is 0 Å². The fraction of sp³-hybridized carbons (Fsp3) is 0.826. The molecule has 158 valence electrons. The number of hydrogen-bond acceptors (Lipinski definition) is 5. The van der Waals surface area contributed by atoms with Crippen LogP contribution in [0, 0.1) is 40.4 Å². The third kappa shape index (κ3) is 3.15. The van der Waals surface area contributed by atoms with E-state index in [1.807, 2.05) is 6.92 Å². The zero-order valence-corrected chi connectivity index (χ0v) is 17.7. The molecule has 3 aliphatic rings. The number of carbonyl (C=O) groups excluding carboxylic acids is 2. The Bertz CT molecular complexity index is 645. The van der Waals surface area contributed by atoms with Gasteiger partial charge in [-0.15, -0.1) is 6.58 Å². The molecule has 2 unspecified atom stereocenters. The molecule has 0 aliphatic heterocycles. The first kappa shape index (κ1) is 21.5. The third-order valence-electron chi connectivity index (χ3n) is 8.66. The maximum Gasteiger partial charge on any atom is 0.332 e. The van der Waals surface area contributed by atoms with Crippen LogP contribution in [0.2, 0.25) is 0 Å². The summed E-state index contributed by atoms with van der Waals surface area (Å²) in [7, 11) is 0. The van der Waals surface area contributed by atoms with Crippen molar-refractivity contribution in [3.8, 4) is 0 Å². The lowest BCUT2D eigenvalue weighted by Crippen LogP contribution is -2.47. The second-order valence-corrected chi connectivity index (χ2v) is 9.96. The van der Waals surface area contributed by atoms with Gasteiger partial charge in [-0.1, -0.05) is 33.8 Å². The number of aliphatic hydroxyl groups is 2. The number of carbonyl (C=O) groups is 2. The van der Waals surface area contributed by atoms with Gasteiger partial charge in [0.1, 0.15) is 18.5 Å². The molecule has 5 heteroatoms. The number of rotatable bonds is 3. The summed E-state index contributed by atoms with van der Waals surface area (Å²) in [5, 5.41) is 20.7. The zero-order chi connectivity index (χ0) is 20.9. The van der Waals surface area contributed by atoms with E-state index in [9.17, 15) is 19.8 Å². The second-order valence-electron chi connectivity index (χ2n) is 9.96. The summed E-state index contributed by atoms with van der Waals surface area (Å²) in [6.45, 7) is 11.7. The number of hydrogen-bond donors (Lipinski definition) is 2. The number of fused-ring (bicyclic) bond motifs is 1. The van der Waals surface area contributed by atoms with Crippen LogP contribution in [0.3, 0.4) is 0 Å². The van der Waals surface area contributed by atoms with Gasteiger partial charge in [-0.2, -0.15) is 0 Å². The Morgan fingerprint density at radius 1 is 1.32 bits per heavy atom. The van der Waals surface area contributed by atoms with Gasteiger partial charge in [-0.3, -0.25) is 4.79 Å². The lowest BCUT2D eigenvalue weighted by molar-refractivity contribution is -0.161. The molecule has 5 nitrogen and oxygen atoms in total. The second kappa shape index (κ2) is 7.56. The van der Waals surface area contributed by atoms with Gasteiger partial charge in [0.15, 0.2) is 0 Å². The van der Waals surface area contributed by atoms with Crippen LogP contribution < -0.4 is 0 Å². The molecule has 2 bridgehead atoms. The smallest absolute Gasteiger partial charge is 0.332 e. The summed E-state index contributed by atoms with van der Waals surface area (Å²) in [6, 6.07) is 0. The molecule has 3 aliphatic carbocycles. The first-order valence-electron chi connectivity index (χ1n) is 10.8. The zero-order valence-electron chi connectivity index (χ0n) is 17.7. The lowest BCUT2D eigenvalue weighted by atomic mass is 9.59. The van der Waals surface area contributed by atoms with Gasteiger partial charge in [0.05, 0.1) is 6.10 Å². The Balaban J connectivity index is 2.18. The number of esters is 1. The number of ether oxygens (including phenoxy) is 1. The van der Waals surface area contributed by atoms with Crippen molar-refractivity contribution in [3.05, 3.63) is 12.7 Å². The van der Waals surface area contributed by atoms with E-state index in [2.05, 4.69) is 27.4 Å². The van der Waals surface area contributed by atoms with E-state index in [0.717, 1.165) is 19.3 Å². The van der Waals surface area contributed by atoms with Crippen molar-refractivity contribution in [2.45, 2.75) is 72.0 Å². The van der Waals surface area contributed by atoms with Crippen LogP contribution in [-0.4, -0.2) is 40.8 Å². The molecular formula is C23H36O5. The fourth-order valence-electron chi connectivity index (χ4n) is 7.06. The molecule has 0 aromatic heterocycles. The minimum Gasteiger partial charge on any atom is -0.460 e. The van der Waals surface area contributed by atoms with Crippen molar-refractivity contribution in [2.75, 3.05) is 6.61 Å². The molecule has 0 saturated heterocycles. The molecular weight excluding hydrogens is 356 g/mol. The summed E-state index contributed by atoms with van der Waals surface area (Å²) in [5.74, 6) is -0.154. The molecule has 3 rings (SSSR count). The van der Waals surface area contributed by atoms with E-state index >= 15 is 0 Å². The van der Waals surface area contributed by atoms with E-state index < -0.39 is 30.2 Å². The molecule has 9 atom stereocenters. The van der Waals surface area contributed by atoms with Gasteiger partial charge in [0.25, 0.3) is 0 Å². The minimum atomic E-state index is -0.673. The van der Waals surface area contributed by atoms with E-state index in [-0.39, 0.29) is 29.1 Å². The lowest BCUT2D eigenvalue weighted by Gasteiger charge is -2.46.